The Labute approximate surface area is 128 Å². The number of benzene rings is 1. The van der Waals surface area contributed by atoms with Gasteiger partial charge in [-0.2, -0.15) is 0 Å². The zero-order valence-electron chi connectivity index (χ0n) is 13.5. The molecule has 2 fully saturated rings. The molecule has 1 N–H and O–H groups in total. The van der Waals surface area contributed by atoms with E-state index in [4.69, 9.17) is 0 Å². The normalized spacial score (nSPS) is 42.3. The lowest BCUT2D eigenvalue weighted by Gasteiger charge is -2.65. The van der Waals surface area contributed by atoms with Crippen molar-refractivity contribution in [2.75, 3.05) is 13.6 Å². The second kappa shape index (κ2) is 4.33. The van der Waals surface area contributed by atoms with Crippen molar-refractivity contribution < 1.29 is 5.11 Å². The summed E-state index contributed by atoms with van der Waals surface area (Å²) in [6.45, 7) is 5.74. The molecular weight excluding hydrogens is 258 g/mol. The Balaban J connectivity index is 2.03. The number of likely N-dealkylation sites (N-methyl/N-ethyl adjacent to an activating group) is 1. The SMILES string of the molecule is Cc1cccc2c1C13CCN(C)C(C2)C1(O)CCCC3C. The van der Waals surface area contributed by atoms with Crippen LogP contribution in [-0.4, -0.2) is 35.2 Å². The van der Waals surface area contributed by atoms with Crippen LogP contribution < -0.4 is 0 Å². The van der Waals surface area contributed by atoms with E-state index in [2.05, 4.69) is 44.0 Å². The van der Waals surface area contributed by atoms with Crippen molar-refractivity contribution in [2.24, 2.45) is 5.92 Å². The van der Waals surface area contributed by atoms with Gasteiger partial charge in [0.05, 0.1) is 5.60 Å². The fraction of sp³-hybridized carbons (Fsp3) is 0.684. The summed E-state index contributed by atoms with van der Waals surface area (Å²) >= 11 is 0. The third kappa shape index (κ3) is 1.50. The van der Waals surface area contributed by atoms with Gasteiger partial charge in [0.15, 0.2) is 0 Å². The van der Waals surface area contributed by atoms with Gasteiger partial charge in [-0.15, -0.1) is 0 Å². The van der Waals surface area contributed by atoms with Gasteiger partial charge in [-0.05, 0) is 68.8 Å². The predicted octanol–water partition coefficient (Wildman–Crippen LogP) is 3.04. The first kappa shape index (κ1) is 13.8. The van der Waals surface area contributed by atoms with Gasteiger partial charge in [0, 0.05) is 11.5 Å². The summed E-state index contributed by atoms with van der Waals surface area (Å²) in [7, 11) is 2.20. The molecule has 1 aromatic rings. The quantitative estimate of drug-likeness (QED) is 0.792. The van der Waals surface area contributed by atoms with Crippen molar-refractivity contribution in [3.8, 4) is 0 Å². The first-order valence-corrected chi connectivity index (χ1v) is 8.52. The molecule has 1 aromatic carbocycles. The fourth-order valence-electron chi connectivity index (χ4n) is 6.03. The summed E-state index contributed by atoms with van der Waals surface area (Å²) in [5, 5.41) is 11.8. The van der Waals surface area contributed by atoms with Gasteiger partial charge >= 0.3 is 0 Å². The summed E-state index contributed by atoms with van der Waals surface area (Å²) in [6.07, 6.45) is 5.52. The Morgan fingerprint density at radius 2 is 2.10 bits per heavy atom. The minimum atomic E-state index is -0.531. The number of likely N-dealkylation sites (tertiary alicyclic amines) is 1. The maximum absolute atomic E-state index is 11.8. The van der Waals surface area contributed by atoms with Crippen LogP contribution in [0.3, 0.4) is 0 Å². The highest BCUT2D eigenvalue weighted by molar-refractivity contribution is 5.49. The number of aliphatic hydroxyl groups is 1. The minimum Gasteiger partial charge on any atom is -0.387 e. The molecule has 1 saturated carbocycles. The second-order valence-corrected chi connectivity index (χ2v) is 7.75. The topological polar surface area (TPSA) is 23.5 Å². The van der Waals surface area contributed by atoms with E-state index < -0.39 is 5.60 Å². The molecule has 114 valence electrons. The van der Waals surface area contributed by atoms with Gasteiger partial charge < -0.3 is 10.0 Å². The lowest BCUT2D eigenvalue weighted by Crippen LogP contribution is -2.73. The number of hydrogen-bond acceptors (Lipinski definition) is 2. The highest BCUT2D eigenvalue weighted by Crippen LogP contribution is 2.60. The standard InChI is InChI=1S/C19H27NO/c1-13-6-4-8-15-12-16-19(21)9-5-7-14(2)18(19,17(13)15)10-11-20(16)3/h4,6,8,14,16,21H,5,7,9-12H2,1-3H3. The van der Waals surface area contributed by atoms with Crippen LogP contribution in [0.4, 0.5) is 0 Å². The van der Waals surface area contributed by atoms with E-state index >= 15 is 0 Å². The Bertz CT molecular complexity index is 583. The number of hydrogen-bond donors (Lipinski definition) is 1. The molecule has 0 spiro atoms. The van der Waals surface area contributed by atoms with Gasteiger partial charge in [-0.25, -0.2) is 0 Å². The molecule has 1 heterocycles. The highest BCUT2D eigenvalue weighted by Gasteiger charge is 2.65. The molecule has 2 nitrogen and oxygen atoms in total. The van der Waals surface area contributed by atoms with Crippen molar-refractivity contribution in [2.45, 2.75) is 63.0 Å². The van der Waals surface area contributed by atoms with Crippen molar-refractivity contribution in [3.63, 3.8) is 0 Å². The van der Waals surface area contributed by atoms with Crippen LogP contribution in [0.15, 0.2) is 18.2 Å². The molecule has 1 aliphatic heterocycles. The molecule has 4 atom stereocenters. The maximum atomic E-state index is 11.8. The van der Waals surface area contributed by atoms with Crippen LogP contribution in [-0.2, 0) is 11.8 Å². The van der Waals surface area contributed by atoms with Gasteiger partial charge in [-0.3, -0.25) is 0 Å². The Morgan fingerprint density at radius 3 is 2.90 bits per heavy atom. The first-order valence-electron chi connectivity index (χ1n) is 8.52. The molecule has 2 heteroatoms. The second-order valence-electron chi connectivity index (χ2n) is 7.75. The zero-order chi connectivity index (χ0) is 14.8. The van der Waals surface area contributed by atoms with Crippen molar-refractivity contribution in [1.29, 1.82) is 0 Å². The smallest absolute Gasteiger partial charge is 0.0904 e. The molecule has 21 heavy (non-hydrogen) atoms. The predicted molar refractivity (Wildman–Crippen MR) is 85.6 cm³/mol. The molecule has 0 amide bonds. The molecule has 2 aliphatic carbocycles. The van der Waals surface area contributed by atoms with Gasteiger partial charge in [0.25, 0.3) is 0 Å². The molecule has 4 unspecified atom stereocenters. The summed E-state index contributed by atoms with van der Waals surface area (Å²) in [6, 6.07) is 7.03. The van der Waals surface area contributed by atoms with Gasteiger partial charge in [-0.1, -0.05) is 31.5 Å². The third-order valence-corrected chi connectivity index (χ3v) is 6.97. The minimum absolute atomic E-state index is 0.0125. The van der Waals surface area contributed by atoms with Crippen LogP contribution in [0.1, 0.15) is 49.3 Å². The van der Waals surface area contributed by atoms with E-state index in [9.17, 15) is 5.11 Å². The lowest BCUT2D eigenvalue weighted by atomic mass is 9.46. The van der Waals surface area contributed by atoms with Crippen LogP contribution >= 0.6 is 0 Å². The number of rotatable bonds is 0. The maximum Gasteiger partial charge on any atom is 0.0904 e. The summed E-state index contributed by atoms with van der Waals surface area (Å²) < 4.78 is 0. The average Bonchev–Trinajstić information content (AvgIpc) is 2.43. The summed E-state index contributed by atoms with van der Waals surface area (Å²) in [4.78, 5) is 2.42. The summed E-state index contributed by atoms with van der Waals surface area (Å²) in [5.74, 6) is 0.576. The molecular formula is C19H27NO. The van der Waals surface area contributed by atoms with E-state index in [0.717, 1.165) is 25.8 Å². The van der Waals surface area contributed by atoms with Crippen LogP contribution in [0.5, 0.6) is 0 Å². The number of fused-ring (bicyclic) bond motifs is 1. The zero-order valence-corrected chi connectivity index (χ0v) is 13.5. The molecule has 4 rings (SSSR count). The van der Waals surface area contributed by atoms with E-state index in [0.29, 0.717) is 12.0 Å². The molecule has 3 aliphatic rings. The van der Waals surface area contributed by atoms with E-state index in [1.54, 1.807) is 0 Å². The summed E-state index contributed by atoms with van der Waals surface area (Å²) in [5.41, 5.74) is 3.84. The van der Waals surface area contributed by atoms with Crippen LogP contribution in [0.2, 0.25) is 0 Å². The van der Waals surface area contributed by atoms with Crippen LogP contribution in [0.25, 0.3) is 0 Å². The molecule has 1 saturated heterocycles. The van der Waals surface area contributed by atoms with Crippen molar-refractivity contribution in [1.82, 2.24) is 4.90 Å². The lowest BCUT2D eigenvalue weighted by molar-refractivity contribution is -0.178. The molecule has 0 aromatic heterocycles. The number of aryl methyl sites for hydroxylation is 1. The number of nitrogens with zero attached hydrogens (tertiary/aromatic N) is 1. The molecule has 2 bridgehead atoms. The van der Waals surface area contributed by atoms with E-state index in [1.165, 1.54) is 29.5 Å². The average molecular weight is 285 g/mol. The monoisotopic (exact) mass is 285 g/mol. The Morgan fingerprint density at radius 1 is 1.29 bits per heavy atom. The highest BCUT2D eigenvalue weighted by atomic mass is 16.3. The largest absolute Gasteiger partial charge is 0.387 e. The van der Waals surface area contributed by atoms with E-state index in [1.807, 2.05) is 0 Å². The van der Waals surface area contributed by atoms with E-state index in [-0.39, 0.29) is 5.41 Å². The third-order valence-electron chi connectivity index (χ3n) is 6.97. The van der Waals surface area contributed by atoms with Gasteiger partial charge in [0.2, 0.25) is 0 Å². The van der Waals surface area contributed by atoms with Gasteiger partial charge in [0.1, 0.15) is 0 Å². The fourth-order valence-corrected chi connectivity index (χ4v) is 6.03. The Kier molecular flexibility index (Phi) is 2.84. The van der Waals surface area contributed by atoms with Crippen molar-refractivity contribution >= 4 is 0 Å². The van der Waals surface area contributed by atoms with Crippen LogP contribution in [0, 0.1) is 12.8 Å². The number of piperidine rings is 1. The van der Waals surface area contributed by atoms with Crippen molar-refractivity contribution in [3.05, 3.63) is 34.9 Å². The molecule has 0 radical (unpaired) electrons. The first-order chi connectivity index (χ1) is 10.0. The Hall–Kier alpha value is -0.860.